The number of hydrogen-bond donors (Lipinski definition) is 0. The molecule has 0 bridgehead atoms. The van der Waals surface area contributed by atoms with Gasteiger partial charge in [-0.3, -0.25) is 4.79 Å². The summed E-state index contributed by atoms with van der Waals surface area (Å²) in [6.45, 7) is 2.45. The average Bonchev–Trinajstić information content (AvgIpc) is 2.43. The first-order valence-electron chi connectivity index (χ1n) is 6.86. The van der Waals surface area contributed by atoms with E-state index in [2.05, 4.69) is 0 Å². The highest BCUT2D eigenvalue weighted by Gasteiger charge is 2.35. The number of likely N-dealkylation sites (N-methyl/N-ethyl adjacent to an activating group) is 1. The Morgan fingerprint density at radius 2 is 2.10 bits per heavy atom. The number of likely N-dealkylation sites (tertiary alicyclic amines) is 1. The van der Waals surface area contributed by atoms with Gasteiger partial charge in [-0.05, 0) is 23.8 Å². The standard InChI is InChI=1S/C15H18F3NOS/c1-3-21-13-8-11(9-19(2)14(13)20)10-5-4-6-12(7-10)15(16,17)18/h4-7,11,13H,3,8-9H2,1-2H3. The molecular formula is C15H18F3NOS. The maximum Gasteiger partial charge on any atom is 0.416 e. The summed E-state index contributed by atoms with van der Waals surface area (Å²) >= 11 is 1.56. The number of benzene rings is 1. The average molecular weight is 317 g/mol. The van der Waals surface area contributed by atoms with Crippen LogP contribution in [0.25, 0.3) is 0 Å². The molecule has 0 N–H and O–H groups in total. The third-order valence-electron chi connectivity index (χ3n) is 3.70. The summed E-state index contributed by atoms with van der Waals surface area (Å²) in [5, 5.41) is -0.159. The predicted molar refractivity (Wildman–Crippen MR) is 78.4 cm³/mol. The van der Waals surface area contributed by atoms with Crippen LogP contribution in [0.15, 0.2) is 24.3 Å². The first-order chi connectivity index (χ1) is 9.82. The molecule has 1 aromatic carbocycles. The lowest BCUT2D eigenvalue weighted by Crippen LogP contribution is -2.43. The van der Waals surface area contributed by atoms with Gasteiger partial charge in [-0.2, -0.15) is 13.2 Å². The Hall–Kier alpha value is -1.17. The zero-order valence-corrected chi connectivity index (χ0v) is 12.8. The molecule has 1 aromatic rings. The van der Waals surface area contributed by atoms with Gasteiger partial charge < -0.3 is 4.90 Å². The van der Waals surface area contributed by atoms with E-state index in [0.717, 1.165) is 11.8 Å². The SMILES string of the molecule is CCSC1CC(c2cccc(C(F)(F)F)c2)CN(C)C1=O. The second kappa shape index (κ2) is 6.30. The number of thioether (sulfide) groups is 1. The molecule has 6 heteroatoms. The molecule has 0 saturated carbocycles. The number of carbonyl (C=O) groups is 1. The van der Waals surface area contributed by atoms with Crippen LogP contribution in [0.5, 0.6) is 0 Å². The quantitative estimate of drug-likeness (QED) is 0.846. The number of amides is 1. The maximum atomic E-state index is 12.8. The number of carbonyl (C=O) groups excluding carboxylic acids is 1. The normalized spacial score (nSPS) is 23.5. The van der Waals surface area contributed by atoms with Crippen molar-refractivity contribution in [1.82, 2.24) is 4.90 Å². The zero-order valence-electron chi connectivity index (χ0n) is 12.0. The number of rotatable bonds is 3. The Morgan fingerprint density at radius 1 is 1.38 bits per heavy atom. The largest absolute Gasteiger partial charge is 0.416 e. The van der Waals surface area contributed by atoms with Crippen molar-refractivity contribution >= 4 is 17.7 Å². The van der Waals surface area contributed by atoms with Crippen LogP contribution in [0.3, 0.4) is 0 Å². The molecule has 1 aliphatic heterocycles. The second-order valence-electron chi connectivity index (χ2n) is 5.22. The Balaban J connectivity index is 2.23. The van der Waals surface area contributed by atoms with E-state index in [1.54, 1.807) is 29.8 Å². The van der Waals surface area contributed by atoms with Crippen LogP contribution in [0.4, 0.5) is 13.2 Å². The number of hydrogen-bond acceptors (Lipinski definition) is 2. The van der Waals surface area contributed by atoms with E-state index in [1.165, 1.54) is 12.1 Å². The van der Waals surface area contributed by atoms with Gasteiger partial charge in [0.2, 0.25) is 5.91 Å². The molecule has 2 rings (SSSR count). The first kappa shape index (κ1) is 16.2. The number of halogens is 3. The van der Waals surface area contributed by atoms with E-state index in [9.17, 15) is 18.0 Å². The number of piperidine rings is 1. The molecule has 0 aliphatic carbocycles. The highest BCUT2D eigenvalue weighted by atomic mass is 32.2. The van der Waals surface area contributed by atoms with Gasteiger partial charge in [-0.1, -0.05) is 25.1 Å². The molecule has 0 aromatic heterocycles. The topological polar surface area (TPSA) is 20.3 Å². The third-order valence-corrected chi connectivity index (χ3v) is 4.83. The van der Waals surface area contributed by atoms with Gasteiger partial charge in [0.25, 0.3) is 0 Å². The van der Waals surface area contributed by atoms with Gasteiger partial charge in [0.15, 0.2) is 0 Å². The van der Waals surface area contributed by atoms with E-state index in [4.69, 9.17) is 0 Å². The van der Waals surface area contributed by atoms with Crippen LogP contribution < -0.4 is 0 Å². The smallest absolute Gasteiger partial charge is 0.344 e. The summed E-state index contributed by atoms with van der Waals surface area (Å²) in [7, 11) is 1.71. The van der Waals surface area contributed by atoms with Crippen molar-refractivity contribution < 1.29 is 18.0 Å². The van der Waals surface area contributed by atoms with Crippen LogP contribution in [-0.2, 0) is 11.0 Å². The molecule has 2 unspecified atom stereocenters. The van der Waals surface area contributed by atoms with E-state index >= 15 is 0 Å². The monoisotopic (exact) mass is 317 g/mol. The lowest BCUT2D eigenvalue weighted by Gasteiger charge is -2.35. The summed E-state index contributed by atoms with van der Waals surface area (Å²) in [4.78, 5) is 13.7. The molecule has 2 nitrogen and oxygen atoms in total. The fraction of sp³-hybridized carbons (Fsp3) is 0.533. The molecule has 2 atom stereocenters. The summed E-state index contributed by atoms with van der Waals surface area (Å²) in [5.41, 5.74) is 0.0325. The van der Waals surface area contributed by atoms with Gasteiger partial charge >= 0.3 is 6.18 Å². The minimum atomic E-state index is -4.33. The van der Waals surface area contributed by atoms with E-state index < -0.39 is 11.7 Å². The predicted octanol–water partition coefficient (Wildman–Crippen LogP) is 3.77. The van der Waals surface area contributed by atoms with Crippen LogP contribution in [-0.4, -0.2) is 35.4 Å². The van der Waals surface area contributed by atoms with Gasteiger partial charge in [0.1, 0.15) is 0 Å². The van der Waals surface area contributed by atoms with Crippen molar-refractivity contribution in [2.75, 3.05) is 19.3 Å². The fourth-order valence-corrected chi connectivity index (χ4v) is 3.74. The van der Waals surface area contributed by atoms with Crippen LogP contribution in [0, 0.1) is 0 Å². The van der Waals surface area contributed by atoms with Crippen molar-refractivity contribution in [3.05, 3.63) is 35.4 Å². The molecular weight excluding hydrogens is 299 g/mol. The Morgan fingerprint density at radius 3 is 2.71 bits per heavy atom. The molecule has 1 aliphatic rings. The van der Waals surface area contributed by atoms with Crippen molar-refractivity contribution in [2.45, 2.75) is 30.7 Å². The van der Waals surface area contributed by atoms with Crippen LogP contribution in [0.2, 0.25) is 0 Å². The first-order valence-corrected chi connectivity index (χ1v) is 7.91. The minimum Gasteiger partial charge on any atom is -0.344 e. The maximum absolute atomic E-state index is 12.8. The number of nitrogens with zero attached hydrogens (tertiary/aromatic N) is 1. The van der Waals surface area contributed by atoms with Gasteiger partial charge in [0.05, 0.1) is 10.8 Å². The van der Waals surface area contributed by atoms with Crippen LogP contribution >= 0.6 is 11.8 Å². The Bertz CT molecular complexity index is 518. The summed E-state index contributed by atoms with van der Waals surface area (Å²) in [6, 6.07) is 5.45. The molecule has 1 saturated heterocycles. The van der Waals surface area contributed by atoms with E-state index in [-0.39, 0.29) is 17.1 Å². The highest BCUT2D eigenvalue weighted by Crippen LogP contribution is 2.36. The fourth-order valence-electron chi connectivity index (χ4n) is 2.65. The van der Waals surface area contributed by atoms with Crippen molar-refractivity contribution in [3.8, 4) is 0 Å². The lowest BCUT2D eigenvalue weighted by atomic mass is 9.89. The van der Waals surface area contributed by atoms with Crippen molar-refractivity contribution in [1.29, 1.82) is 0 Å². The van der Waals surface area contributed by atoms with Crippen LogP contribution in [0.1, 0.15) is 30.4 Å². The zero-order chi connectivity index (χ0) is 15.6. The summed E-state index contributed by atoms with van der Waals surface area (Å²) in [6.07, 6.45) is -3.73. The van der Waals surface area contributed by atoms with E-state index in [0.29, 0.717) is 18.5 Å². The van der Waals surface area contributed by atoms with Gasteiger partial charge in [-0.25, -0.2) is 0 Å². The molecule has 116 valence electrons. The number of alkyl halides is 3. The third kappa shape index (κ3) is 3.73. The minimum absolute atomic E-state index is 0.0425. The molecule has 1 fully saturated rings. The molecule has 1 amide bonds. The van der Waals surface area contributed by atoms with Crippen molar-refractivity contribution in [3.63, 3.8) is 0 Å². The summed E-state index contributed by atoms with van der Waals surface area (Å²) in [5.74, 6) is 0.851. The van der Waals surface area contributed by atoms with Gasteiger partial charge in [0, 0.05) is 19.5 Å². The molecule has 21 heavy (non-hydrogen) atoms. The van der Waals surface area contributed by atoms with Gasteiger partial charge in [-0.15, -0.1) is 11.8 Å². The molecule has 0 spiro atoms. The second-order valence-corrected chi connectivity index (χ2v) is 6.70. The Kier molecular flexibility index (Phi) is 4.86. The molecule has 1 heterocycles. The highest BCUT2D eigenvalue weighted by molar-refractivity contribution is 8.00. The molecule has 0 radical (unpaired) electrons. The summed E-state index contributed by atoms with van der Waals surface area (Å²) < 4.78 is 38.4. The van der Waals surface area contributed by atoms with E-state index in [1.807, 2.05) is 6.92 Å². The lowest BCUT2D eigenvalue weighted by molar-refractivity contribution is -0.137. The Labute approximate surface area is 126 Å². The van der Waals surface area contributed by atoms with Crippen molar-refractivity contribution in [2.24, 2.45) is 0 Å².